The van der Waals surface area contributed by atoms with E-state index in [0.717, 1.165) is 18.4 Å². The van der Waals surface area contributed by atoms with Crippen LogP contribution in [-0.2, 0) is 20.8 Å². The van der Waals surface area contributed by atoms with Crippen molar-refractivity contribution in [3.05, 3.63) is 23.8 Å². The molecule has 1 aromatic rings. The third kappa shape index (κ3) is 5.31. The molecule has 0 saturated carbocycles. The molecule has 1 fully saturated rings. The maximum atomic E-state index is 10.5. The average molecular weight is 386 g/mol. The zero-order valence-corrected chi connectivity index (χ0v) is 16.0. The van der Waals surface area contributed by atoms with Gasteiger partial charge in [-0.15, -0.1) is 0 Å². The fourth-order valence-corrected chi connectivity index (χ4v) is 2.96. The average Bonchev–Trinajstić information content (AvgIpc) is 2.69. The van der Waals surface area contributed by atoms with Crippen LogP contribution >= 0.6 is 0 Å². The van der Waals surface area contributed by atoms with Crippen molar-refractivity contribution in [2.75, 3.05) is 27.4 Å². The van der Waals surface area contributed by atoms with Crippen LogP contribution in [-0.4, -0.2) is 73.5 Å². The molecule has 0 amide bonds. The summed E-state index contributed by atoms with van der Waals surface area (Å²) in [6.07, 6.45) is -3.54. The molecule has 1 heterocycles. The van der Waals surface area contributed by atoms with E-state index in [0.29, 0.717) is 18.1 Å². The lowest BCUT2D eigenvalue weighted by atomic mass is 9.99. The molecule has 0 bridgehead atoms. The molecular weight excluding hydrogens is 356 g/mol. The van der Waals surface area contributed by atoms with Crippen molar-refractivity contribution < 1.29 is 39.0 Å². The molecule has 8 heteroatoms. The Labute approximate surface area is 159 Å². The van der Waals surface area contributed by atoms with Gasteiger partial charge in [0.2, 0.25) is 0 Å². The summed E-state index contributed by atoms with van der Waals surface area (Å²) in [6.45, 7) is 2.12. The minimum Gasteiger partial charge on any atom is -0.493 e. The summed E-state index contributed by atoms with van der Waals surface area (Å²) >= 11 is 0. The van der Waals surface area contributed by atoms with Crippen molar-refractivity contribution in [1.82, 2.24) is 0 Å². The van der Waals surface area contributed by atoms with Gasteiger partial charge in [-0.05, 0) is 12.5 Å². The van der Waals surface area contributed by atoms with E-state index < -0.39 is 37.3 Å². The Morgan fingerprint density at radius 3 is 2.48 bits per heavy atom. The Kier molecular flexibility index (Phi) is 8.75. The predicted molar refractivity (Wildman–Crippen MR) is 96.7 cm³/mol. The number of para-hydroxylation sites is 1. The summed E-state index contributed by atoms with van der Waals surface area (Å²) < 4.78 is 27.8. The lowest BCUT2D eigenvalue weighted by Crippen LogP contribution is -2.60. The first-order valence-electron chi connectivity index (χ1n) is 9.12. The predicted octanol–water partition coefficient (Wildman–Crippen LogP) is 0.845. The fraction of sp³-hybridized carbons (Fsp3) is 0.684. The molecular formula is C19H30O8. The van der Waals surface area contributed by atoms with Crippen LogP contribution < -0.4 is 9.47 Å². The van der Waals surface area contributed by atoms with Gasteiger partial charge in [-0.1, -0.05) is 25.5 Å². The number of hydrogen-bond acceptors (Lipinski definition) is 8. The number of aliphatic hydroxyl groups is 3. The molecule has 3 N–H and O–H groups in total. The maximum absolute atomic E-state index is 10.5. The van der Waals surface area contributed by atoms with Crippen molar-refractivity contribution in [2.45, 2.75) is 57.1 Å². The summed E-state index contributed by atoms with van der Waals surface area (Å²) in [5.41, 5.74) is 0.718. The van der Waals surface area contributed by atoms with Crippen molar-refractivity contribution in [2.24, 2.45) is 0 Å². The third-order valence-electron chi connectivity index (χ3n) is 4.52. The molecule has 1 aliphatic rings. The van der Waals surface area contributed by atoms with Gasteiger partial charge in [0.15, 0.2) is 17.8 Å². The normalized spacial score (nSPS) is 28.1. The van der Waals surface area contributed by atoms with Gasteiger partial charge >= 0.3 is 0 Å². The highest BCUT2D eigenvalue weighted by Crippen LogP contribution is 2.32. The van der Waals surface area contributed by atoms with E-state index in [1.54, 1.807) is 19.2 Å². The molecule has 2 rings (SSSR count). The topological polar surface area (TPSA) is 107 Å². The van der Waals surface area contributed by atoms with Gasteiger partial charge < -0.3 is 39.0 Å². The van der Waals surface area contributed by atoms with Crippen LogP contribution in [0.4, 0.5) is 0 Å². The van der Waals surface area contributed by atoms with Crippen LogP contribution in [0.1, 0.15) is 25.3 Å². The molecule has 0 aliphatic carbocycles. The van der Waals surface area contributed by atoms with Crippen LogP contribution in [0.3, 0.4) is 0 Å². The van der Waals surface area contributed by atoms with Crippen molar-refractivity contribution in [3.63, 3.8) is 0 Å². The maximum Gasteiger partial charge on any atom is 0.186 e. The van der Waals surface area contributed by atoms with Crippen molar-refractivity contribution in [3.8, 4) is 11.5 Å². The van der Waals surface area contributed by atoms with Crippen LogP contribution in [0, 0.1) is 0 Å². The van der Waals surface area contributed by atoms with Gasteiger partial charge in [-0.2, -0.15) is 0 Å². The standard InChI is InChI=1S/C19H30O8/c1-4-5-9-25-19-18(16(22)15(21)14(10-20)27-19)26-11-12-7-6-8-13(23-2)17(12)24-3/h6-8,14-16,18-22H,4-5,9-11H2,1-3H3/t14-,15+,16+,18-,19+/m1/s1. The molecule has 154 valence electrons. The zero-order chi connectivity index (χ0) is 19.8. The molecule has 8 nitrogen and oxygen atoms in total. The van der Waals surface area contributed by atoms with E-state index in [-0.39, 0.29) is 6.61 Å². The first-order valence-corrected chi connectivity index (χ1v) is 9.12. The number of benzene rings is 1. The van der Waals surface area contributed by atoms with E-state index in [9.17, 15) is 15.3 Å². The van der Waals surface area contributed by atoms with E-state index in [2.05, 4.69) is 0 Å². The number of rotatable bonds is 10. The first kappa shape index (κ1) is 21.9. The van der Waals surface area contributed by atoms with Gasteiger partial charge in [0.1, 0.15) is 24.4 Å². The first-order chi connectivity index (χ1) is 13.1. The Balaban J connectivity index is 2.12. The van der Waals surface area contributed by atoms with Crippen LogP contribution in [0.15, 0.2) is 18.2 Å². The van der Waals surface area contributed by atoms with Gasteiger partial charge in [0.05, 0.1) is 27.4 Å². The molecule has 5 atom stereocenters. The summed E-state index contributed by atoms with van der Waals surface area (Å²) in [4.78, 5) is 0. The molecule has 27 heavy (non-hydrogen) atoms. The highest BCUT2D eigenvalue weighted by Gasteiger charge is 2.45. The largest absolute Gasteiger partial charge is 0.493 e. The molecule has 1 aliphatic heterocycles. The molecule has 1 saturated heterocycles. The van der Waals surface area contributed by atoms with Crippen molar-refractivity contribution >= 4 is 0 Å². The smallest absolute Gasteiger partial charge is 0.186 e. The third-order valence-corrected chi connectivity index (χ3v) is 4.52. The fourth-order valence-electron chi connectivity index (χ4n) is 2.96. The van der Waals surface area contributed by atoms with Crippen LogP contribution in [0.5, 0.6) is 11.5 Å². The quantitative estimate of drug-likeness (QED) is 0.508. The molecule has 0 radical (unpaired) electrons. The summed E-state index contributed by atoms with van der Waals surface area (Å²) in [5, 5.41) is 30.0. The second-order valence-corrected chi connectivity index (χ2v) is 6.36. The van der Waals surface area contributed by atoms with Gasteiger partial charge in [-0.25, -0.2) is 0 Å². The van der Waals surface area contributed by atoms with E-state index in [1.165, 1.54) is 7.11 Å². The van der Waals surface area contributed by atoms with Crippen LogP contribution in [0.2, 0.25) is 0 Å². The highest BCUT2D eigenvalue weighted by molar-refractivity contribution is 5.46. The van der Waals surface area contributed by atoms with E-state index in [4.69, 9.17) is 23.7 Å². The lowest BCUT2D eigenvalue weighted by Gasteiger charge is -2.41. The zero-order valence-electron chi connectivity index (χ0n) is 16.0. The summed E-state index contributed by atoms with van der Waals surface area (Å²) in [6, 6.07) is 5.39. The number of aliphatic hydroxyl groups excluding tert-OH is 3. The molecule has 0 spiro atoms. The highest BCUT2D eigenvalue weighted by atomic mass is 16.7. The minimum absolute atomic E-state index is 0.0929. The molecule has 1 aromatic carbocycles. The van der Waals surface area contributed by atoms with E-state index in [1.807, 2.05) is 13.0 Å². The van der Waals surface area contributed by atoms with Gasteiger partial charge in [0.25, 0.3) is 0 Å². The number of unbranched alkanes of at least 4 members (excludes halogenated alkanes) is 1. The van der Waals surface area contributed by atoms with Crippen molar-refractivity contribution in [1.29, 1.82) is 0 Å². The Bertz CT molecular complexity index is 567. The van der Waals surface area contributed by atoms with E-state index >= 15 is 0 Å². The van der Waals surface area contributed by atoms with Gasteiger partial charge in [-0.3, -0.25) is 0 Å². The number of ether oxygens (including phenoxy) is 5. The second-order valence-electron chi connectivity index (χ2n) is 6.36. The Morgan fingerprint density at radius 2 is 1.85 bits per heavy atom. The Hall–Kier alpha value is -1.42. The van der Waals surface area contributed by atoms with Gasteiger partial charge in [0, 0.05) is 12.2 Å². The summed E-state index contributed by atoms with van der Waals surface area (Å²) in [7, 11) is 3.08. The molecule has 0 aromatic heterocycles. The SMILES string of the molecule is CCCCO[C@H]1O[C@H](CO)[C@H](O)[C@H](O)[C@H]1OCc1cccc(OC)c1OC. The molecule has 0 unspecified atom stereocenters. The summed E-state index contributed by atoms with van der Waals surface area (Å²) in [5.74, 6) is 1.10. The van der Waals surface area contributed by atoms with Crippen LogP contribution in [0.25, 0.3) is 0 Å². The monoisotopic (exact) mass is 386 g/mol. The number of hydrogen-bond donors (Lipinski definition) is 3. The lowest BCUT2D eigenvalue weighted by molar-refractivity contribution is -0.311. The number of methoxy groups -OCH3 is 2. The second kappa shape index (κ2) is 10.8. The Morgan fingerprint density at radius 1 is 1.07 bits per heavy atom. The minimum atomic E-state index is -1.28.